The topological polar surface area (TPSA) is 38.7 Å². The van der Waals surface area contributed by atoms with Crippen molar-refractivity contribution < 1.29 is 14.6 Å². The van der Waals surface area contributed by atoms with Crippen LogP contribution in [0.4, 0.5) is 0 Å². The van der Waals surface area contributed by atoms with E-state index >= 15 is 0 Å². The summed E-state index contributed by atoms with van der Waals surface area (Å²) in [7, 11) is 3.26. The van der Waals surface area contributed by atoms with Crippen LogP contribution in [0.1, 0.15) is 45.1 Å². The molecule has 0 amide bonds. The summed E-state index contributed by atoms with van der Waals surface area (Å²) in [5.74, 6) is 1.46. The Hall–Kier alpha value is -1.22. The molecule has 106 valence electrons. The van der Waals surface area contributed by atoms with Crippen LogP contribution in [0.15, 0.2) is 18.2 Å². The molecule has 1 aromatic carbocycles. The first kappa shape index (κ1) is 14.2. The van der Waals surface area contributed by atoms with Crippen molar-refractivity contribution in [3.05, 3.63) is 23.8 Å². The molecule has 1 atom stereocenters. The fraction of sp³-hybridized carbons (Fsp3) is 0.625. The summed E-state index contributed by atoms with van der Waals surface area (Å²) in [4.78, 5) is 0. The summed E-state index contributed by atoms with van der Waals surface area (Å²) >= 11 is 0. The standard InChI is InChI=1S/C16H24O3/c1-15(2)6-5-7-16(17,11-15)12-8-13(18-3)10-14(9-12)19-4/h8-10,17H,5-7,11H2,1-4H3. The van der Waals surface area contributed by atoms with Crippen molar-refractivity contribution in [3.63, 3.8) is 0 Å². The van der Waals surface area contributed by atoms with Gasteiger partial charge in [0.25, 0.3) is 0 Å². The van der Waals surface area contributed by atoms with Crippen LogP contribution in [0, 0.1) is 5.41 Å². The Balaban J connectivity index is 2.39. The third-order valence-corrected chi connectivity index (χ3v) is 4.10. The van der Waals surface area contributed by atoms with E-state index < -0.39 is 5.60 Å². The van der Waals surface area contributed by atoms with Gasteiger partial charge in [0, 0.05) is 6.07 Å². The molecule has 2 rings (SSSR count). The minimum absolute atomic E-state index is 0.170. The largest absolute Gasteiger partial charge is 0.497 e. The van der Waals surface area contributed by atoms with Gasteiger partial charge in [0.15, 0.2) is 0 Å². The highest BCUT2D eigenvalue weighted by molar-refractivity contribution is 5.41. The number of hydrogen-bond donors (Lipinski definition) is 1. The van der Waals surface area contributed by atoms with Gasteiger partial charge in [0.2, 0.25) is 0 Å². The van der Waals surface area contributed by atoms with E-state index in [2.05, 4.69) is 13.8 Å². The summed E-state index contributed by atoms with van der Waals surface area (Å²) in [6.45, 7) is 4.43. The Morgan fingerprint density at radius 1 is 1.00 bits per heavy atom. The maximum atomic E-state index is 11.0. The second-order valence-electron chi connectivity index (χ2n) is 6.33. The number of benzene rings is 1. The van der Waals surface area contributed by atoms with E-state index in [1.54, 1.807) is 14.2 Å². The van der Waals surface area contributed by atoms with Crippen molar-refractivity contribution in [2.45, 2.75) is 45.1 Å². The molecule has 0 radical (unpaired) electrons. The van der Waals surface area contributed by atoms with Gasteiger partial charge in [-0.25, -0.2) is 0 Å². The van der Waals surface area contributed by atoms with E-state index in [1.165, 1.54) is 0 Å². The zero-order chi connectivity index (χ0) is 14.1. The SMILES string of the molecule is COc1cc(OC)cc(C2(O)CCCC(C)(C)C2)c1. The Morgan fingerprint density at radius 3 is 2.05 bits per heavy atom. The molecule has 0 spiro atoms. The molecular weight excluding hydrogens is 240 g/mol. The second kappa shape index (κ2) is 5.04. The average Bonchev–Trinajstić information content (AvgIpc) is 2.36. The van der Waals surface area contributed by atoms with E-state index in [9.17, 15) is 5.11 Å². The van der Waals surface area contributed by atoms with Crippen LogP contribution in [0.25, 0.3) is 0 Å². The lowest BCUT2D eigenvalue weighted by molar-refractivity contribution is -0.0442. The molecule has 1 unspecified atom stereocenters. The first-order chi connectivity index (χ1) is 8.88. The molecule has 3 heteroatoms. The monoisotopic (exact) mass is 264 g/mol. The molecule has 0 heterocycles. The first-order valence-corrected chi connectivity index (χ1v) is 6.84. The van der Waals surface area contributed by atoms with Gasteiger partial charge >= 0.3 is 0 Å². The van der Waals surface area contributed by atoms with E-state index in [-0.39, 0.29) is 5.41 Å². The van der Waals surface area contributed by atoms with E-state index in [0.717, 1.165) is 42.7 Å². The lowest BCUT2D eigenvalue weighted by Gasteiger charge is -2.42. The zero-order valence-corrected chi connectivity index (χ0v) is 12.3. The predicted octanol–water partition coefficient (Wildman–Crippen LogP) is 3.49. The zero-order valence-electron chi connectivity index (χ0n) is 12.3. The van der Waals surface area contributed by atoms with Crippen molar-refractivity contribution in [1.29, 1.82) is 0 Å². The van der Waals surface area contributed by atoms with Crippen molar-refractivity contribution in [2.75, 3.05) is 14.2 Å². The highest BCUT2D eigenvalue weighted by atomic mass is 16.5. The summed E-state index contributed by atoms with van der Waals surface area (Å²) in [6.07, 6.45) is 3.78. The molecule has 0 saturated heterocycles. The van der Waals surface area contributed by atoms with Crippen LogP contribution < -0.4 is 9.47 Å². The third-order valence-electron chi connectivity index (χ3n) is 4.10. The van der Waals surface area contributed by atoms with Gasteiger partial charge in [0.05, 0.1) is 19.8 Å². The lowest BCUT2D eigenvalue weighted by Crippen LogP contribution is -2.36. The molecule has 0 aromatic heterocycles. The van der Waals surface area contributed by atoms with Gasteiger partial charge in [-0.05, 0) is 48.8 Å². The van der Waals surface area contributed by atoms with Crippen molar-refractivity contribution in [2.24, 2.45) is 5.41 Å². The van der Waals surface area contributed by atoms with Crippen LogP contribution in [0.3, 0.4) is 0 Å². The fourth-order valence-electron chi connectivity index (χ4n) is 3.15. The summed E-state index contributed by atoms with van der Waals surface area (Å²) in [6, 6.07) is 5.68. The molecule has 1 N–H and O–H groups in total. The molecule has 1 fully saturated rings. The van der Waals surface area contributed by atoms with E-state index in [0.29, 0.717) is 0 Å². The molecule has 0 bridgehead atoms. The maximum Gasteiger partial charge on any atom is 0.122 e. The molecule has 1 saturated carbocycles. The highest BCUT2D eigenvalue weighted by Gasteiger charge is 2.40. The molecule has 1 aliphatic rings. The van der Waals surface area contributed by atoms with E-state index in [4.69, 9.17) is 9.47 Å². The molecule has 19 heavy (non-hydrogen) atoms. The molecular formula is C16H24O3. The molecule has 0 aliphatic heterocycles. The van der Waals surface area contributed by atoms with Crippen LogP contribution in [-0.2, 0) is 5.60 Å². The normalized spacial score (nSPS) is 25.9. The number of ether oxygens (including phenoxy) is 2. The van der Waals surface area contributed by atoms with E-state index in [1.807, 2.05) is 18.2 Å². The third kappa shape index (κ3) is 3.03. The second-order valence-corrected chi connectivity index (χ2v) is 6.33. The van der Waals surface area contributed by atoms with Gasteiger partial charge in [-0.3, -0.25) is 0 Å². The van der Waals surface area contributed by atoms with Crippen molar-refractivity contribution in [1.82, 2.24) is 0 Å². The lowest BCUT2D eigenvalue weighted by atomic mass is 9.67. The van der Waals surface area contributed by atoms with Crippen molar-refractivity contribution >= 4 is 0 Å². The number of rotatable bonds is 3. The summed E-state index contributed by atoms with van der Waals surface area (Å²) < 4.78 is 10.6. The summed E-state index contributed by atoms with van der Waals surface area (Å²) in [5, 5.41) is 11.0. The quantitative estimate of drug-likeness (QED) is 0.908. The minimum Gasteiger partial charge on any atom is -0.497 e. The van der Waals surface area contributed by atoms with Gasteiger partial charge < -0.3 is 14.6 Å². The van der Waals surface area contributed by atoms with Gasteiger partial charge in [-0.1, -0.05) is 13.8 Å². The maximum absolute atomic E-state index is 11.0. The van der Waals surface area contributed by atoms with Crippen LogP contribution in [0.2, 0.25) is 0 Å². The highest BCUT2D eigenvalue weighted by Crippen LogP contribution is 2.47. The minimum atomic E-state index is -0.774. The average molecular weight is 264 g/mol. The number of aliphatic hydroxyl groups is 1. The molecule has 3 nitrogen and oxygen atoms in total. The number of methoxy groups -OCH3 is 2. The van der Waals surface area contributed by atoms with Gasteiger partial charge in [0.1, 0.15) is 11.5 Å². The fourth-order valence-corrected chi connectivity index (χ4v) is 3.15. The molecule has 1 aliphatic carbocycles. The summed E-state index contributed by atoms with van der Waals surface area (Å²) in [5.41, 5.74) is 0.295. The van der Waals surface area contributed by atoms with Gasteiger partial charge in [-0.15, -0.1) is 0 Å². The Bertz CT molecular complexity index is 431. The van der Waals surface area contributed by atoms with Crippen LogP contribution in [-0.4, -0.2) is 19.3 Å². The Morgan fingerprint density at radius 2 is 1.58 bits per heavy atom. The Labute approximate surface area is 115 Å². The Kier molecular flexibility index (Phi) is 3.77. The number of hydrogen-bond acceptors (Lipinski definition) is 3. The molecule has 1 aromatic rings. The smallest absolute Gasteiger partial charge is 0.122 e. The van der Waals surface area contributed by atoms with Gasteiger partial charge in [-0.2, -0.15) is 0 Å². The van der Waals surface area contributed by atoms with Crippen LogP contribution >= 0.6 is 0 Å². The first-order valence-electron chi connectivity index (χ1n) is 6.84. The predicted molar refractivity (Wildman–Crippen MR) is 75.7 cm³/mol. The van der Waals surface area contributed by atoms with Crippen molar-refractivity contribution in [3.8, 4) is 11.5 Å². The van der Waals surface area contributed by atoms with Crippen LogP contribution in [0.5, 0.6) is 11.5 Å².